The summed E-state index contributed by atoms with van der Waals surface area (Å²) < 4.78 is 0. The number of hydrogen-bond donors (Lipinski definition) is 1. The lowest BCUT2D eigenvalue weighted by Crippen LogP contribution is -2.08. The van der Waals surface area contributed by atoms with E-state index in [1.54, 1.807) is 0 Å². The fourth-order valence-corrected chi connectivity index (χ4v) is 0.987. The Kier molecular flexibility index (Phi) is 1.92. The van der Waals surface area contributed by atoms with E-state index in [9.17, 15) is 0 Å². The van der Waals surface area contributed by atoms with Crippen LogP contribution in [0.25, 0.3) is 0 Å². The second kappa shape index (κ2) is 2.51. The van der Waals surface area contributed by atoms with Gasteiger partial charge in [-0.3, -0.25) is 0 Å². The average Bonchev–Trinajstić information content (AvgIpc) is 1.77. The molecule has 1 N–H and O–H groups in total. The third kappa shape index (κ3) is 1.49. The Morgan fingerprint density at radius 1 is 1.75 bits per heavy atom. The van der Waals surface area contributed by atoms with Crippen molar-refractivity contribution < 1.29 is 5.11 Å². The van der Waals surface area contributed by atoms with Gasteiger partial charge in [-0.15, -0.1) is 0 Å². The summed E-state index contributed by atoms with van der Waals surface area (Å²) in [6.07, 6.45) is 4.16. The van der Waals surface area contributed by atoms with Crippen molar-refractivity contribution in [1.82, 2.24) is 0 Å². The second-order valence-electron chi connectivity index (χ2n) is 2.08. The van der Waals surface area contributed by atoms with Gasteiger partial charge < -0.3 is 5.11 Å². The van der Waals surface area contributed by atoms with Crippen molar-refractivity contribution >= 4 is 11.6 Å². The van der Waals surface area contributed by atoms with Gasteiger partial charge in [-0.2, -0.15) is 0 Å². The number of hydrogen-bond acceptors (Lipinski definition) is 1. The van der Waals surface area contributed by atoms with Crippen molar-refractivity contribution in [2.24, 2.45) is 0 Å². The maximum Gasteiger partial charge on any atom is 0.0578 e. The molecule has 2 heteroatoms. The van der Waals surface area contributed by atoms with E-state index < -0.39 is 0 Å². The van der Waals surface area contributed by atoms with Crippen LogP contribution < -0.4 is 0 Å². The van der Waals surface area contributed by atoms with Crippen LogP contribution in [0, 0.1) is 0 Å². The van der Waals surface area contributed by atoms with Crippen molar-refractivity contribution in [2.45, 2.75) is 25.4 Å². The van der Waals surface area contributed by atoms with Gasteiger partial charge in [0, 0.05) is 5.03 Å². The summed E-state index contributed by atoms with van der Waals surface area (Å²) in [5.41, 5.74) is 0. The molecule has 0 aromatic rings. The first-order chi connectivity index (χ1) is 3.79. The van der Waals surface area contributed by atoms with Gasteiger partial charge in [-0.05, 0) is 19.3 Å². The maximum absolute atomic E-state index is 8.92. The second-order valence-corrected chi connectivity index (χ2v) is 2.56. The van der Waals surface area contributed by atoms with Gasteiger partial charge in [0.25, 0.3) is 0 Å². The third-order valence-corrected chi connectivity index (χ3v) is 1.67. The van der Waals surface area contributed by atoms with Crippen LogP contribution in [0.15, 0.2) is 11.1 Å². The Balaban J connectivity index is 2.42. The fraction of sp³-hybridized carbons (Fsp3) is 0.667. The molecular weight excluding hydrogens is 124 g/mol. The van der Waals surface area contributed by atoms with Gasteiger partial charge >= 0.3 is 0 Å². The smallest absolute Gasteiger partial charge is 0.0578 e. The molecule has 0 radical (unpaired) electrons. The first kappa shape index (κ1) is 6.12. The minimum atomic E-state index is -0.141. The van der Waals surface area contributed by atoms with Crippen LogP contribution in [-0.2, 0) is 0 Å². The zero-order valence-corrected chi connectivity index (χ0v) is 5.36. The van der Waals surface area contributed by atoms with E-state index in [0.29, 0.717) is 0 Å². The summed E-state index contributed by atoms with van der Waals surface area (Å²) in [6.45, 7) is 0. The van der Waals surface area contributed by atoms with Crippen LogP contribution in [-0.4, -0.2) is 11.2 Å². The minimum Gasteiger partial charge on any atom is -0.393 e. The van der Waals surface area contributed by atoms with Crippen molar-refractivity contribution in [3.05, 3.63) is 11.1 Å². The van der Waals surface area contributed by atoms with E-state index in [1.807, 2.05) is 6.08 Å². The molecule has 0 saturated carbocycles. The predicted octanol–water partition coefficient (Wildman–Crippen LogP) is 1.65. The van der Waals surface area contributed by atoms with Crippen molar-refractivity contribution in [3.8, 4) is 0 Å². The summed E-state index contributed by atoms with van der Waals surface area (Å²) in [5, 5.41) is 9.82. The first-order valence-corrected chi connectivity index (χ1v) is 3.19. The van der Waals surface area contributed by atoms with Gasteiger partial charge in [0.05, 0.1) is 6.10 Å². The summed E-state index contributed by atoms with van der Waals surface area (Å²) in [7, 11) is 0. The summed E-state index contributed by atoms with van der Waals surface area (Å²) in [6, 6.07) is 0. The van der Waals surface area contributed by atoms with E-state index >= 15 is 0 Å². The number of rotatable bonds is 0. The van der Waals surface area contributed by atoms with Crippen LogP contribution in [0.5, 0.6) is 0 Å². The molecule has 0 fully saturated rings. The molecule has 0 aromatic carbocycles. The third-order valence-electron chi connectivity index (χ3n) is 1.33. The Morgan fingerprint density at radius 3 is 2.88 bits per heavy atom. The topological polar surface area (TPSA) is 20.2 Å². The molecule has 8 heavy (non-hydrogen) atoms. The summed E-state index contributed by atoms with van der Waals surface area (Å²) in [5.74, 6) is 0. The Bertz CT molecular complexity index is 109. The van der Waals surface area contributed by atoms with Crippen LogP contribution in [0.3, 0.4) is 0 Å². The number of aliphatic hydroxyl groups is 1. The van der Waals surface area contributed by atoms with Gasteiger partial charge in [0.2, 0.25) is 0 Å². The highest BCUT2D eigenvalue weighted by Gasteiger charge is 2.08. The highest BCUT2D eigenvalue weighted by Crippen LogP contribution is 2.20. The SMILES string of the molecule is OC1CC=C(Cl)CC1. The first-order valence-electron chi connectivity index (χ1n) is 2.81. The highest BCUT2D eigenvalue weighted by molar-refractivity contribution is 6.29. The van der Waals surface area contributed by atoms with E-state index in [1.165, 1.54) is 0 Å². The van der Waals surface area contributed by atoms with E-state index in [-0.39, 0.29) is 6.10 Å². The minimum absolute atomic E-state index is 0.141. The summed E-state index contributed by atoms with van der Waals surface area (Å²) in [4.78, 5) is 0. The lowest BCUT2D eigenvalue weighted by Gasteiger charge is -2.12. The van der Waals surface area contributed by atoms with Crippen LogP contribution in [0.1, 0.15) is 19.3 Å². The van der Waals surface area contributed by atoms with Crippen molar-refractivity contribution in [2.75, 3.05) is 0 Å². The number of allylic oxidation sites excluding steroid dienone is 1. The lowest BCUT2D eigenvalue weighted by molar-refractivity contribution is 0.164. The molecule has 1 atom stereocenters. The van der Waals surface area contributed by atoms with Gasteiger partial charge in [-0.1, -0.05) is 17.7 Å². The molecule has 0 aliphatic heterocycles. The molecule has 0 amide bonds. The molecule has 1 unspecified atom stereocenters. The van der Waals surface area contributed by atoms with E-state index in [0.717, 1.165) is 24.3 Å². The van der Waals surface area contributed by atoms with Crippen LogP contribution in [0.2, 0.25) is 0 Å². The molecule has 0 saturated heterocycles. The molecule has 0 bridgehead atoms. The largest absolute Gasteiger partial charge is 0.393 e. The van der Waals surface area contributed by atoms with E-state index in [2.05, 4.69) is 0 Å². The standard InChI is InChI=1S/C6H9ClO/c7-5-1-3-6(8)4-2-5/h1,6,8H,2-4H2. The summed E-state index contributed by atoms with van der Waals surface area (Å²) >= 11 is 5.63. The van der Waals surface area contributed by atoms with Gasteiger partial charge in [-0.25, -0.2) is 0 Å². The fourth-order valence-electron chi connectivity index (χ4n) is 0.788. The maximum atomic E-state index is 8.92. The molecule has 1 nitrogen and oxygen atoms in total. The molecular formula is C6H9ClO. The van der Waals surface area contributed by atoms with E-state index in [4.69, 9.17) is 16.7 Å². The van der Waals surface area contributed by atoms with Crippen LogP contribution >= 0.6 is 11.6 Å². The Hall–Kier alpha value is -0.0100. The molecule has 0 heterocycles. The zero-order chi connectivity index (χ0) is 5.98. The Labute approximate surface area is 54.0 Å². The molecule has 46 valence electrons. The molecule has 1 aliphatic carbocycles. The average molecular weight is 133 g/mol. The molecule has 1 aliphatic rings. The normalized spacial score (nSPS) is 29.8. The quantitative estimate of drug-likeness (QED) is 0.532. The zero-order valence-electron chi connectivity index (χ0n) is 4.60. The van der Waals surface area contributed by atoms with Crippen molar-refractivity contribution in [1.29, 1.82) is 0 Å². The lowest BCUT2D eigenvalue weighted by atomic mass is 10.1. The molecule has 0 spiro atoms. The molecule has 1 rings (SSSR count). The Morgan fingerprint density at radius 2 is 2.50 bits per heavy atom. The monoisotopic (exact) mass is 132 g/mol. The van der Waals surface area contributed by atoms with Gasteiger partial charge in [0.15, 0.2) is 0 Å². The predicted molar refractivity (Wildman–Crippen MR) is 33.8 cm³/mol. The van der Waals surface area contributed by atoms with Crippen LogP contribution in [0.4, 0.5) is 0 Å². The van der Waals surface area contributed by atoms with Crippen molar-refractivity contribution in [3.63, 3.8) is 0 Å². The van der Waals surface area contributed by atoms with Gasteiger partial charge in [0.1, 0.15) is 0 Å². The molecule has 0 aromatic heterocycles. The highest BCUT2D eigenvalue weighted by atomic mass is 35.5. The number of aliphatic hydroxyl groups excluding tert-OH is 1. The number of halogens is 1.